The van der Waals surface area contributed by atoms with Crippen molar-refractivity contribution in [2.45, 2.75) is 104 Å². The lowest BCUT2D eigenvalue weighted by atomic mass is 9.77. The van der Waals surface area contributed by atoms with Gasteiger partial charge in [-0.05, 0) is 122 Å². The number of unbranched alkanes of at least 4 members (excludes halogenated alkanes) is 2. The number of halogens is 1. The van der Waals surface area contributed by atoms with E-state index in [0.29, 0.717) is 42.1 Å². The summed E-state index contributed by atoms with van der Waals surface area (Å²) in [6.45, 7) is 12.0. The van der Waals surface area contributed by atoms with Gasteiger partial charge in [0, 0.05) is 16.7 Å². The van der Waals surface area contributed by atoms with Crippen LogP contribution in [0.15, 0.2) is 78.9 Å². The fourth-order valence-electron chi connectivity index (χ4n) is 7.99. The molecule has 0 amide bonds. The van der Waals surface area contributed by atoms with Crippen LogP contribution < -0.4 is 4.74 Å². The molecular weight excluding hydrogens is 864 g/mol. The zero-order valence-electron chi connectivity index (χ0n) is 39.8. The van der Waals surface area contributed by atoms with Crippen molar-refractivity contribution in [2.24, 2.45) is 11.3 Å². The molecule has 0 aromatic heterocycles. The Balaban J connectivity index is 1.67. The van der Waals surface area contributed by atoms with Crippen LogP contribution in [0.1, 0.15) is 108 Å². The molecule has 0 heterocycles. The van der Waals surface area contributed by atoms with Gasteiger partial charge in [0.15, 0.2) is 0 Å². The van der Waals surface area contributed by atoms with Crippen LogP contribution in [-0.4, -0.2) is 83.1 Å². The molecule has 1 fully saturated rings. The molecule has 1 aliphatic rings. The Labute approximate surface area is 393 Å². The van der Waals surface area contributed by atoms with Crippen molar-refractivity contribution < 1.29 is 66.3 Å². The van der Waals surface area contributed by atoms with Crippen molar-refractivity contribution >= 4 is 35.8 Å². The second-order valence-electron chi connectivity index (χ2n) is 17.3. The minimum absolute atomic E-state index is 0.0288. The Morgan fingerprint density at radius 3 is 1.73 bits per heavy atom. The molecule has 0 N–H and O–H groups in total. The molecule has 0 radical (unpaired) electrons. The SMILES string of the molecule is C=C(C)C(=O)OCCCc1cc(-c2ccc(-c3ccc(C4CCC(CCCCC)CC4)cc3F)c(CC)c2)ccc1OCC(COC(=O)C(=C)C)(COC(=O)C(=O)OC)COC(=O)C(=O)OC. The van der Waals surface area contributed by atoms with Gasteiger partial charge in [-0.1, -0.05) is 89.1 Å². The summed E-state index contributed by atoms with van der Waals surface area (Å²) in [5, 5.41) is 0. The predicted octanol–water partition coefficient (Wildman–Crippen LogP) is 9.55. The van der Waals surface area contributed by atoms with E-state index in [0.717, 1.165) is 60.8 Å². The van der Waals surface area contributed by atoms with Crippen LogP contribution in [0.3, 0.4) is 0 Å². The first-order chi connectivity index (χ1) is 32.0. The summed E-state index contributed by atoms with van der Waals surface area (Å²) in [4.78, 5) is 73.7. The molecule has 0 atom stereocenters. The van der Waals surface area contributed by atoms with Gasteiger partial charge in [0.2, 0.25) is 0 Å². The molecule has 0 unspecified atom stereocenters. The molecule has 1 aliphatic carbocycles. The Morgan fingerprint density at radius 1 is 0.627 bits per heavy atom. The van der Waals surface area contributed by atoms with Gasteiger partial charge in [-0.3, -0.25) is 0 Å². The number of esters is 6. The van der Waals surface area contributed by atoms with Crippen molar-refractivity contribution in [2.75, 3.05) is 47.3 Å². The van der Waals surface area contributed by atoms with Gasteiger partial charge < -0.3 is 33.2 Å². The van der Waals surface area contributed by atoms with Gasteiger partial charge in [0.1, 0.15) is 43.4 Å². The first-order valence-corrected chi connectivity index (χ1v) is 22.9. The van der Waals surface area contributed by atoms with Gasteiger partial charge in [0.25, 0.3) is 0 Å². The average Bonchev–Trinajstić information content (AvgIpc) is 3.33. The molecule has 3 aromatic carbocycles. The summed E-state index contributed by atoms with van der Waals surface area (Å²) in [7, 11) is 1.96. The summed E-state index contributed by atoms with van der Waals surface area (Å²) in [5.41, 5.74) is 4.21. The van der Waals surface area contributed by atoms with Gasteiger partial charge in [-0.15, -0.1) is 0 Å². The van der Waals surface area contributed by atoms with Crippen molar-refractivity contribution in [3.8, 4) is 28.0 Å². The standard InChI is InChI=1S/C53H65FO13/c1-9-11-12-14-36-16-18-38(19-17-36)41-21-24-44(45(54)29-41)43-23-20-39(27-37(43)10-2)40-22-25-46(42(28-40)15-13-26-63-47(55)34(3)4)64-30-53(31-65-48(56)35(5)6,32-66-51(59)49(57)61-7)33-67-52(60)50(58)62-8/h20-25,27-29,36,38H,3,5,9-19,26,30-33H2,1-2,4,6-8H3. The van der Waals surface area contributed by atoms with E-state index in [1.165, 1.54) is 45.4 Å². The molecule has 67 heavy (non-hydrogen) atoms. The fourth-order valence-corrected chi connectivity index (χ4v) is 7.99. The van der Waals surface area contributed by atoms with E-state index in [1.807, 2.05) is 43.3 Å². The molecule has 0 spiro atoms. The lowest BCUT2D eigenvalue weighted by Gasteiger charge is -2.32. The monoisotopic (exact) mass is 928 g/mol. The molecule has 13 nitrogen and oxygen atoms in total. The lowest BCUT2D eigenvalue weighted by Crippen LogP contribution is -2.45. The maximum atomic E-state index is 16.0. The average molecular weight is 929 g/mol. The summed E-state index contributed by atoms with van der Waals surface area (Å²) < 4.78 is 52.6. The molecule has 3 aromatic rings. The molecule has 14 heteroatoms. The topological polar surface area (TPSA) is 167 Å². The highest BCUT2D eigenvalue weighted by Gasteiger charge is 2.39. The van der Waals surface area contributed by atoms with Crippen molar-refractivity contribution in [1.29, 1.82) is 0 Å². The maximum Gasteiger partial charge on any atom is 0.417 e. The molecule has 0 saturated heterocycles. The van der Waals surface area contributed by atoms with E-state index in [1.54, 1.807) is 19.1 Å². The number of carbonyl (C=O) groups is 6. The van der Waals surface area contributed by atoms with E-state index >= 15 is 4.39 Å². The van der Waals surface area contributed by atoms with Crippen molar-refractivity contribution in [1.82, 2.24) is 0 Å². The number of hydrogen-bond donors (Lipinski definition) is 0. The number of carbonyl (C=O) groups excluding carboxylic acids is 6. The third-order valence-electron chi connectivity index (χ3n) is 12.0. The largest absolute Gasteiger partial charge is 0.492 e. The molecule has 0 aliphatic heterocycles. The summed E-state index contributed by atoms with van der Waals surface area (Å²) >= 11 is 0. The third kappa shape index (κ3) is 15.6. The highest BCUT2D eigenvalue weighted by Crippen LogP contribution is 2.40. The third-order valence-corrected chi connectivity index (χ3v) is 12.0. The molecule has 0 bridgehead atoms. The van der Waals surface area contributed by atoms with E-state index in [4.69, 9.17) is 23.7 Å². The second kappa shape index (κ2) is 26.1. The highest BCUT2D eigenvalue weighted by atomic mass is 19.1. The number of hydrogen-bond acceptors (Lipinski definition) is 13. The zero-order valence-corrected chi connectivity index (χ0v) is 39.8. The summed E-state index contributed by atoms with van der Waals surface area (Å²) in [6.07, 6.45) is 10.9. The normalized spacial score (nSPS) is 14.6. The Kier molecular flexibility index (Phi) is 20.8. The van der Waals surface area contributed by atoms with Gasteiger partial charge >= 0.3 is 35.8 Å². The smallest absolute Gasteiger partial charge is 0.417 e. The number of aryl methyl sites for hydroxylation is 2. The van der Waals surface area contributed by atoms with Gasteiger partial charge in [-0.25, -0.2) is 33.2 Å². The molecular formula is C53H65FO13. The van der Waals surface area contributed by atoms with Crippen LogP contribution >= 0.6 is 0 Å². The predicted molar refractivity (Wildman–Crippen MR) is 249 cm³/mol. The van der Waals surface area contributed by atoms with E-state index < -0.39 is 67.7 Å². The van der Waals surface area contributed by atoms with Gasteiger partial charge in [-0.2, -0.15) is 0 Å². The van der Waals surface area contributed by atoms with E-state index in [2.05, 4.69) is 35.6 Å². The van der Waals surface area contributed by atoms with E-state index in [9.17, 15) is 28.8 Å². The fraction of sp³-hybridized carbons (Fsp3) is 0.472. The first-order valence-electron chi connectivity index (χ1n) is 22.9. The number of methoxy groups -OCH3 is 2. The molecule has 4 rings (SSSR count). The van der Waals surface area contributed by atoms with Crippen LogP contribution in [0.25, 0.3) is 22.3 Å². The van der Waals surface area contributed by atoms with Crippen molar-refractivity contribution in [3.63, 3.8) is 0 Å². The maximum absolute atomic E-state index is 16.0. The Bertz CT molecular complexity index is 2220. The van der Waals surface area contributed by atoms with Crippen molar-refractivity contribution in [3.05, 3.63) is 101 Å². The molecule has 1 saturated carbocycles. The Hall–Kier alpha value is -6.31. The summed E-state index contributed by atoms with van der Waals surface area (Å²) in [5.74, 6) is -5.62. The lowest BCUT2D eigenvalue weighted by molar-refractivity contribution is -0.177. The highest BCUT2D eigenvalue weighted by molar-refractivity contribution is 6.30. The first kappa shape index (κ1) is 53.3. The van der Waals surface area contributed by atoms with Crippen LogP contribution in [0, 0.1) is 17.2 Å². The van der Waals surface area contributed by atoms with Crippen LogP contribution in [0.4, 0.5) is 4.39 Å². The van der Waals surface area contributed by atoms with Gasteiger partial charge in [0.05, 0.1) is 20.8 Å². The van der Waals surface area contributed by atoms with Crippen LogP contribution in [-0.2, 0) is 70.0 Å². The number of benzene rings is 3. The molecule has 362 valence electrons. The minimum atomic E-state index is -1.71. The number of ether oxygens (including phenoxy) is 7. The summed E-state index contributed by atoms with van der Waals surface area (Å²) in [6, 6.07) is 17.0. The second-order valence-corrected chi connectivity index (χ2v) is 17.3. The van der Waals surface area contributed by atoms with E-state index in [-0.39, 0.29) is 23.6 Å². The van der Waals surface area contributed by atoms with Crippen LogP contribution in [0.5, 0.6) is 5.75 Å². The zero-order chi connectivity index (χ0) is 49.1. The Morgan fingerprint density at radius 2 is 1.18 bits per heavy atom. The quantitative estimate of drug-likeness (QED) is 0.0290. The minimum Gasteiger partial charge on any atom is -0.492 e. The van der Waals surface area contributed by atoms with Crippen LogP contribution in [0.2, 0.25) is 0 Å². The number of rotatable bonds is 23.